The second-order valence-electron chi connectivity index (χ2n) is 17.0. The van der Waals surface area contributed by atoms with E-state index in [9.17, 15) is 0 Å². The maximum absolute atomic E-state index is 4.10. The molecule has 47 heavy (non-hydrogen) atoms. The maximum atomic E-state index is 4.10. The molecule has 9 unspecified atom stereocenters. The monoisotopic (exact) mass is 656 g/mol. The lowest BCUT2D eigenvalue weighted by Crippen LogP contribution is -2.44. The van der Waals surface area contributed by atoms with E-state index in [0.29, 0.717) is 22.3 Å². The van der Waals surface area contributed by atoms with E-state index in [4.69, 9.17) is 0 Å². The Morgan fingerprint density at radius 1 is 0.872 bits per heavy atom. The SMILES string of the molecule is C=C.C=CC(CCCC)NCCC(C)CC(C)(C)C1CCC2C(C)CC3CC(CC)CCC3CCC[C@]23C(C)[C@]13CCC.CC.CC. The highest BCUT2D eigenvalue weighted by Crippen LogP contribution is 2.85. The molecule has 0 radical (unpaired) electrons. The molecule has 1 N–H and O–H groups in total. The molecule has 278 valence electrons. The third-order valence-corrected chi connectivity index (χ3v) is 14.4. The fourth-order valence-corrected chi connectivity index (χ4v) is 12.7. The van der Waals surface area contributed by atoms with Crippen LogP contribution in [0.3, 0.4) is 0 Å². The Balaban J connectivity index is 0.00000174. The van der Waals surface area contributed by atoms with Crippen LogP contribution < -0.4 is 5.32 Å². The van der Waals surface area contributed by atoms with Crippen LogP contribution >= 0.6 is 0 Å². The quantitative estimate of drug-likeness (QED) is 0.184. The highest BCUT2D eigenvalue weighted by atomic mass is 14.9. The van der Waals surface area contributed by atoms with Crippen molar-refractivity contribution in [3.63, 3.8) is 0 Å². The van der Waals surface area contributed by atoms with Gasteiger partial charge in [0, 0.05) is 6.04 Å². The summed E-state index contributed by atoms with van der Waals surface area (Å²) in [6.07, 6.45) is 26.7. The van der Waals surface area contributed by atoms with E-state index >= 15 is 0 Å². The minimum absolute atomic E-state index is 0.432. The summed E-state index contributed by atoms with van der Waals surface area (Å²) >= 11 is 0. The lowest BCUT2D eigenvalue weighted by molar-refractivity contribution is -0.0241. The van der Waals surface area contributed by atoms with Crippen LogP contribution in [0.5, 0.6) is 0 Å². The Morgan fingerprint density at radius 3 is 2.15 bits per heavy atom. The molecular formula is C46H89N. The Bertz CT molecular complexity index is 829. The third-order valence-electron chi connectivity index (χ3n) is 14.4. The van der Waals surface area contributed by atoms with Crippen LogP contribution in [0.2, 0.25) is 0 Å². The number of fused-ring (bicyclic) bond motifs is 1. The predicted molar refractivity (Wildman–Crippen MR) is 215 cm³/mol. The molecular weight excluding hydrogens is 567 g/mol. The topological polar surface area (TPSA) is 12.0 Å². The summed E-state index contributed by atoms with van der Waals surface area (Å²) in [7, 11) is 0. The smallest absolute Gasteiger partial charge is 0.0247 e. The Hall–Kier alpha value is -0.560. The van der Waals surface area contributed by atoms with Crippen molar-refractivity contribution in [2.45, 2.75) is 198 Å². The molecule has 0 aromatic carbocycles. The minimum Gasteiger partial charge on any atom is -0.311 e. The first-order valence-electron chi connectivity index (χ1n) is 21.5. The molecule has 1 heteroatoms. The van der Waals surface area contributed by atoms with Gasteiger partial charge in [-0.25, -0.2) is 0 Å². The Morgan fingerprint density at radius 2 is 1.55 bits per heavy atom. The van der Waals surface area contributed by atoms with E-state index in [2.05, 4.69) is 86.5 Å². The molecule has 1 nitrogen and oxygen atoms in total. The second-order valence-corrected chi connectivity index (χ2v) is 17.0. The van der Waals surface area contributed by atoms with Crippen LogP contribution in [0.1, 0.15) is 192 Å². The molecule has 4 aliphatic rings. The first kappa shape index (κ1) is 44.5. The van der Waals surface area contributed by atoms with E-state index < -0.39 is 0 Å². The van der Waals surface area contributed by atoms with Crippen LogP contribution in [0.25, 0.3) is 0 Å². The standard InChI is InChI=1S/C40H73N.2C2H6.C2H4/c1-10-14-17-35(13-4)41-25-22-29(5)28-38(8,9)37-21-20-36-30(6)26-34-27-32(12-3)18-19-33(34)16-15-24-39(36)31(7)40(37,39)23-11-2;3*1-2/h13,29-37,41H,4,10-12,14-28H2,1-3,5-9H3;2*1-2H3;1-2H2/t29?,30?,31?,32?,33?,34?,35?,36?,37?,39-,40+;;;/m0.../s1. The number of unbranched alkanes of at least 4 members (excludes halogenated alkanes) is 1. The maximum Gasteiger partial charge on any atom is 0.0247 e. The molecule has 0 heterocycles. The molecule has 0 amide bonds. The third kappa shape index (κ3) is 10.0. The van der Waals surface area contributed by atoms with Gasteiger partial charge in [0.2, 0.25) is 0 Å². The summed E-state index contributed by atoms with van der Waals surface area (Å²) in [6, 6.07) is 0.493. The zero-order valence-electron chi connectivity index (χ0n) is 34.6. The summed E-state index contributed by atoms with van der Waals surface area (Å²) in [4.78, 5) is 0. The van der Waals surface area contributed by atoms with Gasteiger partial charge in [0.05, 0.1) is 0 Å². The first-order chi connectivity index (χ1) is 22.6. The normalized spacial score (nSPS) is 35.8. The van der Waals surface area contributed by atoms with E-state index in [-0.39, 0.29) is 0 Å². The summed E-state index contributed by atoms with van der Waals surface area (Å²) in [5.74, 6) is 7.61. The van der Waals surface area contributed by atoms with E-state index in [1.165, 1.54) is 83.5 Å². The fourth-order valence-electron chi connectivity index (χ4n) is 12.7. The van der Waals surface area contributed by atoms with Gasteiger partial charge in [0.1, 0.15) is 0 Å². The average molecular weight is 656 g/mol. The van der Waals surface area contributed by atoms with Crippen molar-refractivity contribution in [3.05, 3.63) is 25.8 Å². The Kier molecular flexibility index (Phi) is 20.4. The van der Waals surface area contributed by atoms with Crippen molar-refractivity contribution < 1.29 is 0 Å². The second kappa shape index (κ2) is 21.6. The van der Waals surface area contributed by atoms with Crippen LogP contribution in [0.4, 0.5) is 0 Å². The van der Waals surface area contributed by atoms with Gasteiger partial charge < -0.3 is 5.32 Å². The summed E-state index contributed by atoms with van der Waals surface area (Å²) < 4.78 is 0. The van der Waals surface area contributed by atoms with Gasteiger partial charge in [-0.05, 0) is 134 Å². The number of hydrogen-bond acceptors (Lipinski definition) is 1. The van der Waals surface area contributed by atoms with Gasteiger partial charge in [-0.2, -0.15) is 0 Å². The zero-order valence-corrected chi connectivity index (χ0v) is 34.6. The highest BCUT2D eigenvalue weighted by Gasteiger charge is 2.80. The fraction of sp³-hybridized carbons (Fsp3) is 0.913. The number of nitrogens with one attached hydrogen (secondary N) is 1. The van der Waals surface area contributed by atoms with Crippen molar-refractivity contribution in [1.82, 2.24) is 5.32 Å². The lowest BCUT2D eigenvalue weighted by Gasteiger charge is -2.51. The van der Waals surface area contributed by atoms with Gasteiger partial charge in [-0.15, -0.1) is 19.7 Å². The first-order valence-corrected chi connectivity index (χ1v) is 21.5. The number of rotatable bonds is 14. The number of hydrogen-bond donors (Lipinski definition) is 1. The summed E-state index contributed by atoms with van der Waals surface area (Å²) in [5.41, 5.74) is 1.68. The Labute approximate surface area is 298 Å². The van der Waals surface area contributed by atoms with E-state index in [1.54, 1.807) is 25.7 Å². The highest BCUT2D eigenvalue weighted by molar-refractivity contribution is 5.27. The van der Waals surface area contributed by atoms with Crippen molar-refractivity contribution in [1.29, 1.82) is 0 Å². The van der Waals surface area contributed by atoms with Crippen molar-refractivity contribution in [3.8, 4) is 0 Å². The molecule has 0 bridgehead atoms. The van der Waals surface area contributed by atoms with Crippen molar-refractivity contribution in [2.75, 3.05) is 6.54 Å². The van der Waals surface area contributed by atoms with Gasteiger partial charge in [-0.3, -0.25) is 0 Å². The summed E-state index contributed by atoms with van der Waals surface area (Å²) in [6.45, 7) is 39.9. The van der Waals surface area contributed by atoms with Gasteiger partial charge in [0.15, 0.2) is 0 Å². The average Bonchev–Trinajstić information content (AvgIpc) is 3.59. The molecule has 1 spiro atoms. The lowest BCUT2D eigenvalue weighted by atomic mass is 9.53. The van der Waals surface area contributed by atoms with E-state index in [1.807, 2.05) is 27.7 Å². The van der Waals surface area contributed by atoms with Crippen LogP contribution in [-0.4, -0.2) is 12.6 Å². The van der Waals surface area contributed by atoms with Gasteiger partial charge in [0.25, 0.3) is 0 Å². The van der Waals surface area contributed by atoms with Gasteiger partial charge in [-0.1, -0.05) is 134 Å². The van der Waals surface area contributed by atoms with Crippen molar-refractivity contribution >= 4 is 0 Å². The molecule has 4 aliphatic carbocycles. The molecule has 11 atom stereocenters. The molecule has 0 aliphatic heterocycles. The predicted octanol–water partition coefficient (Wildman–Crippen LogP) is 14.7. The molecule has 0 aromatic rings. The van der Waals surface area contributed by atoms with Crippen molar-refractivity contribution in [2.24, 2.45) is 63.6 Å². The minimum atomic E-state index is 0.432. The molecule has 4 rings (SSSR count). The molecule has 4 saturated carbocycles. The molecule has 0 aromatic heterocycles. The van der Waals surface area contributed by atoms with Crippen LogP contribution in [0, 0.1) is 63.6 Å². The summed E-state index contributed by atoms with van der Waals surface area (Å²) in [5, 5.41) is 3.82. The van der Waals surface area contributed by atoms with Gasteiger partial charge >= 0.3 is 0 Å². The zero-order chi connectivity index (χ0) is 35.8. The molecule has 0 saturated heterocycles. The van der Waals surface area contributed by atoms with Crippen LogP contribution in [-0.2, 0) is 0 Å². The van der Waals surface area contributed by atoms with Crippen LogP contribution in [0.15, 0.2) is 25.8 Å². The largest absolute Gasteiger partial charge is 0.311 e. The van der Waals surface area contributed by atoms with E-state index in [0.717, 1.165) is 53.9 Å². The molecule has 4 fully saturated rings.